The van der Waals surface area contributed by atoms with Gasteiger partial charge in [0, 0.05) is 71.7 Å². The number of nitrogens with zero attached hydrogens (tertiary/aromatic N) is 2. The third kappa shape index (κ3) is 13.0. The first kappa shape index (κ1) is 33.1. The molecular weight excluding hydrogens is 484 g/mol. The van der Waals surface area contributed by atoms with Crippen LogP contribution in [0.5, 0.6) is 0 Å². The van der Waals surface area contributed by atoms with Crippen molar-refractivity contribution in [3.8, 4) is 0 Å². The van der Waals surface area contributed by atoms with Crippen molar-refractivity contribution >= 4 is 5.91 Å². The average Bonchev–Trinajstić information content (AvgIpc) is 2.88. The van der Waals surface area contributed by atoms with E-state index in [-0.39, 0.29) is 5.91 Å². The molecule has 2 aromatic carbocycles. The Labute approximate surface area is 228 Å². The number of rotatable bonds is 14. The molecule has 0 bridgehead atoms. The average molecular weight is 532 g/mol. The second-order valence-corrected chi connectivity index (χ2v) is 9.57. The van der Waals surface area contributed by atoms with Gasteiger partial charge in [-0.15, -0.1) is 0 Å². The highest BCUT2D eigenvalue weighted by molar-refractivity contribution is 5.81. The Morgan fingerprint density at radius 2 is 1.68 bits per heavy atom. The SMILES string of the molecule is CCCCN(C)/C(=C\NC)CC(N)C(=O)N(C)CCNCc1cccc(CC)c1.Cc1cc(F)cc(F)c1. The van der Waals surface area contributed by atoms with Crippen LogP contribution in [0.2, 0.25) is 0 Å². The number of unbranched alkanes of at least 4 members (excludes halogenated alkanes) is 1. The van der Waals surface area contributed by atoms with Gasteiger partial charge in [0.25, 0.3) is 0 Å². The summed E-state index contributed by atoms with van der Waals surface area (Å²) in [5.41, 5.74) is 10.5. The van der Waals surface area contributed by atoms with Gasteiger partial charge in [0.2, 0.25) is 5.91 Å². The smallest absolute Gasteiger partial charge is 0.239 e. The minimum absolute atomic E-state index is 0.0225. The molecule has 4 N–H and O–H groups in total. The Hall–Kier alpha value is -2.97. The van der Waals surface area contributed by atoms with Gasteiger partial charge in [0.05, 0.1) is 6.04 Å². The van der Waals surface area contributed by atoms with Crippen molar-refractivity contribution in [2.45, 2.75) is 59.0 Å². The molecule has 0 aromatic heterocycles. The Morgan fingerprint density at radius 1 is 1.03 bits per heavy atom. The standard InChI is InChI=1S/C23H41N5O.C7H6F2/c1-6-8-13-27(4)21(18-25-3)16-22(24)23(29)28(5)14-12-26-17-20-11-9-10-19(7-2)15-20;1-5-2-6(8)4-7(9)3-5/h9-11,15,18,22,25-26H,6-8,12-14,16-17,24H2,1-5H3;2-4H,1H3/b21-18-;. The molecule has 0 aliphatic carbocycles. The van der Waals surface area contributed by atoms with Gasteiger partial charge in [-0.05, 0) is 48.6 Å². The molecule has 212 valence electrons. The van der Waals surface area contributed by atoms with E-state index in [1.54, 1.807) is 11.8 Å². The molecule has 0 heterocycles. The van der Waals surface area contributed by atoms with E-state index in [2.05, 4.69) is 60.7 Å². The molecule has 6 nitrogen and oxygen atoms in total. The number of amides is 1. The molecule has 1 atom stereocenters. The van der Waals surface area contributed by atoms with E-state index in [1.807, 2.05) is 20.3 Å². The van der Waals surface area contributed by atoms with Crippen LogP contribution in [-0.2, 0) is 17.8 Å². The molecule has 0 aliphatic heterocycles. The highest BCUT2D eigenvalue weighted by Gasteiger charge is 2.20. The summed E-state index contributed by atoms with van der Waals surface area (Å²) >= 11 is 0. The van der Waals surface area contributed by atoms with E-state index < -0.39 is 17.7 Å². The number of carbonyl (C=O) groups excluding carboxylic acids is 1. The van der Waals surface area contributed by atoms with Crippen LogP contribution in [0.1, 0.15) is 49.8 Å². The molecule has 0 saturated carbocycles. The number of hydrogen-bond donors (Lipinski definition) is 3. The molecule has 0 spiro atoms. The zero-order chi connectivity index (χ0) is 28.5. The molecule has 0 radical (unpaired) electrons. The summed E-state index contributed by atoms with van der Waals surface area (Å²) in [6.07, 6.45) is 5.77. The summed E-state index contributed by atoms with van der Waals surface area (Å²) in [5.74, 6) is -1.06. The van der Waals surface area contributed by atoms with Gasteiger partial charge in [-0.25, -0.2) is 8.78 Å². The highest BCUT2D eigenvalue weighted by atomic mass is 19.1. The lowest BCUT2D eigenvalue weighted by molar-refractivity contribution is -0.131. The maximum atomic E-state index is 12.7. The predicted molar refractivity (Wildman–Crippen MR) is 154 cm³/mol. The number of likely N-dealkylation sites (N-methyl/N-ethyl adjacent to an activating group) is 1. The summed E-state index contributed by atoms with van der Waals surface area (Å²) in [4.78, 5) is 16.6. The van der Waals surface area contributed by atoms with Gasteiger partial charge in [-0.1, -0.05) is 44.5 Å². The predicted octanol–water partition coefficient (Wildman–Crippen LogP) is 4.58. The van der Waals surface area contributed by atoms with Crippen LogP contribution in [0.25, 0.3) is 0 Å². The number of nitrogens with one attached hydrogen (secondary N) is 2. The van der Waals surface area contributed by atoms with E-state index in [0.717, 1.165) is 50.7 Å². The maximum Gasteiger partial charge on any atom is 0.239 e. The molecule has 1 unspecified atom stereocenters. The number of benzene rings is 2. The number of hydrogen-bond acceptors (Lipinski definition) is 5. The van der Waals surface area contributed by atoms with Gasteiger partial charge in [0.1, 0.15) is 11.6 Å². The Balaban J connectivity index is 0.000000671. The lowest BCUT2D eigenvalue weighted by Crippen LogP contribution is -2.45. The minimum Gasteiger partial charge on any atom is -0.393 e. The molecule has 0 saturated heterocycles. The van der Waals surface area contributed by atoms with Gasteiger partial charge in [0.15, 0.2) is 0 Å². The lowest BCUT2D eigenvalue weighted by Gasteiger charge is -2.27. The largest absolute Gasteiger partial charge is 0.393 e. The summed E-state index contributed by atoms with van der Waals surface area (Å²) in [6, 6.07) is 11.5. The van der Waals surface area contributed by atoms with E-state index in [1.165, 1.54) is 23.3 Å². The van der Waals surface area contributed by atoms with Crippen LogP contribution < -0.4 is 16.4 Å². The Morgan fingerprint density at radius 3 is 2.26 bits per heavy atom. The van der Waals surface area contributed by atoms with E-state index >= 15 is 0 Å². The molecule has 8 heteroatoms. The van der Waals surface area contributed by atoms with Gasteiger partial charge in [-0.2, -0.15) is 0 Å². The first-order chi connectivity index (χ1) is 18.1. The molecule has 38 heavy (non-hydrogen) atoms. The second kappa shape index (κ2) is 18.3. The third-order valence-electron chi connectivity index (χ3n) is 6.13. The zero-order valence-electron chi connectivity index (χ0n) is 24.0. The number of carbonyl (C=O) groups is 1. The molecule has 1 amide bonds. The van der Waals surface area contributed by atoms with Crippen LogP contribution in [0.15, 0.2) is 54.4 Å². The van der Waals surface area contributed by atoms with Crippen molar-refractivity contribution in [1.82, 2.24) is 20.4 Å². The van der Waals surface area contributed by atoms with Gasteiger partial charge < -0.3 is 26.2 Å². The topological polar surface area (TPSA) is 73.6 Å². The first-order valence-corrected chi connectivity index (χ1v) is 13.4. The Bertz CT molecular complexity index is 948. The molecule has 2 rings (SSSR count). The van der Waals surface area contributed by atoms with Crippen LogP contribution in [0.4, 0.5) is 8.78 Å². The van der Waals surface area contributed by atoms with Crippen LogP contribution in [0.3, 0.4) is 0 Å². The number of nitrogens with two attached hydrogens (primary N) is 1. The van der Waals surface area contributed by atoms with E-state index in [0.29, 0.717) is 18.5 Å². The van der Waals surface area contributed by atoms with Crippen molar-refractivity contribution in [2.75, 3.05) is 40.8 Å². The zero-order valence-corrected chi connectivity index (χ0v) is 24.0. The van der Waals surface area contributed by atoms with Crippen molar-refractivity contribution in [3.63, 3.8) is 0 Å². The monoisotopic (exact) mass is 531 g/mol. The number of halogens is 2. The summed E-state index contributed by atoms with van der Waals surface area (Å²) in [7, 11) is 5.75. The van der Waals surface area contributed by atoms with Crippen molar-refractivity contribution < 1.29 is 13.6 Å². The summed E-state index contributed by atoms with van der Waals surface area (Å²) < 4.78 is 24.4. The van der Waals surface area contributed by atoms with E-state index in [4.69, 9.17) is 5.73 Å². The minimum atomic E-state index is -0.537. The fraction of sp³-hybridized carbons (Fsp3) is 0.500. The van der Waals surface area contributed by atoms with Gasteiger partial charge >= 0.3 is 0 Å². The van der Waals surface area contributed by atoms with E-state index in [9.17, 15) is 13.6 Å². The Kier molecular flexibility index (Phi) is 15.9. The fourth-order valence-electron chi connectivity index (χ4n) is 3.87. The van der Waals surface area contributed by atoms with Crippen molar-refractivity contribution in [2.24, 2.45) is 5.73 Å². The lowest BCUT2D eigenvalue weighted by atomic mass is 10.1. The highest BCUT2D eigenvalue weighted by Crippen LogP contribution is 2.11. The van der Waals surface area contributed by atoms with Gasteiger partial charge in [-0.3, -0.25) is 4.79 Å². The van der Waals surface area contributed by atoms with Crippen LogP contribution in [0, 0.1) is 18.6 Å². The quantitative estimate of drug-likeness (QED) is 0.311. The van der Waals surface area contributed by atoms with Crippen LogP contribution >= 0.6 is 0 Å². The summed E-state index contributed by atoms with van der Waals surface area (Å²) in [6.45, 7) is 9.12. The van der Waals surface area contributed by atoms with Crippen molar-refractivity contribution in [3.05, 3.63) is 82.7 Å². The molecule has 0 fully saturated rings. The number of aryl methyl sites for hydroxylation is 2. The van der Waals surface area contributed by atoms with Crippen LogP contribution in [-0.4, -0.2) is 62.5 Å². The molecule has 0 aliphatic rings. The fourth-order valence-corrected chi connectivity index (χ4v) is 3.87. The summed E-state index contributed by atoms with van der Waals surface area (Å²) in [5, 5.41) is 6.49. The molecule has 2 aromatic rings. The first-order valence-electron chi connectivity index (χ1n) is 13.4. The van der Waals surface area contributed by atoms with Crippen molar-refractivity contribution in [1.29, 1.82) is 0 Å². The normalized spacial score (nSPS) is 11.9. The third-order valence-corrected chi connectivity index (χ3v) is 6.13. The molecular formula is C30H47F2N5O. The maximum absolute atomic E-state index is 12.7. The second-order valence-electron chi connectivity index (χ2n) is 9.57.